The number of hydrazine groups is 1. The molecule has 0 saturated heterocycles. The fourth-order valence-electron chi connectivity index (χ4n) is 1.63. The van der Waals surface area contributed by atoms with Crippen LogP contribution in [0.4, 0.5) is 11.9 Å². The van der Waals surface area contributed by atoms with Crippen molar-refractivity contribution in [3.8, 4) is 6.01 Å². The molecule has 0 unspecified atom stereocenters. The number of rotatable bonds is 7. The maximum absolute atomic E-state index is 11.8. The second kappa shape index (κ2) is 6.53. The number of amides is 1. The normalized spacial score (nSPS) is 14.0. The number of anilines is 2. The van der Waals surface area contributed by atoms with Gasteiger partial charge in [-0.15, -0.1) is 0 Å². The lowest BCUT2D eigenvalue weighted by atomic mass is 10.5. The maximum Gasteiger partial charge on any atom is 0.323 e. The number of hydrogen-bond donors (Lipinski definition) is 3. The summed E-state index contributed by atoms with van der Waals surface area (Å²) in [5.41, 5.74) is 2.36. The van der Waals surface area contributed by atoms with E-state index in [9.17, 15) is 4.79 Å². The molecule has 1 heterocycles. The third-order valence-corrected chi connectivity index (χ3v) is 2.74. The molecule has 1 aromatic rings. The Morgan fingerprint density at radius 3 is 2.71 bits per heavy atom. The molecular weight excluding hydrogens is 274 g/mol. The van der Waals surface area contributed by atoms with Crippen molar-refractivity contribution in [2.75, 3.05) is 23.9 Å². The summed E-state index contributed by atoms with van der Waals surface area (Å²) in [6.07, 6.45) is 2.03. The molecule has 0 atom stereocenters. The van der Waals surface area contributed by atoms with Gasteiger partial charge in [-0.25, -0.2) is 5.84 Å². The van der Waals surface area contributed by atoms with E-state index in [2.05, 4.69) is 25.7 Å². The van der Waals surface area contributed by atoms with Gasteiger partial charge in [0.15, 0.2) is 0 Å². The Hall–Kier alpha value is -2.16. The molecule has 1 aromatic heterocycles. The van der Waals surface area contributed by atoms with E-state index in [1.165, 1.54) is 0 Å². The van der Waals surface area contributed by atoms with Crippen LogP contribution in [0.5, 0.6) is 6.01 Å². The van der Waals surface area contributed by atoms with Gasteiger partial charge < -0.3 is 15.0 Å². The minimum absolute atomic E-state index is 0.0611. The fourth-order valence-corrected chi connectivity index (χ4v) is 1.63. The third kappa shape index (κ3) is 4.71. The van der Waals surface area contributed by atoms with Gasteiger partial charge in [0.25, 0.3) is 0 Å². The third-order valence-electron chi connectivity index (χ3n) is 2.74. The Bertz CT molecular complexity index is 504. The number of hydrogen-bond acceptors (Lipinski definition) is 8. The van der Waals surface area contributed by atoms with Gasteiger partial charge in [-0.2, -0.15) is 15.0 Å². The Morgan fingerprint density at radius 2 is 2.14 bits per heavy atom. The molecule has 0 bridgehead atoms. The van der Waals surface area contributed by atoms with Crippen LogP contribution in [0.1, 0.15) is 26.7 Å². The van der Waals surface area contributed by atoms with Gasteiger partial charge in [-0.1, -0.05) is 0 Å². The molecule has 1 fully saturated rings. The number of carbonyl (C=O) groups is 1. The minimum Gasteiger partial charge on any atom is -0.461 e. The van der Waals surface area contributed by atoms with Crippen LogP contribution in [0.3, 0.4) is 0 Å². The van der Waals surface area contributed by atoms with E-state index in [4.69, 9.17) is 10.6 Å². The van der Waals surface area contributed by atoms with Crippen LogP contribution in [-0.4, -0.2) is 46.6 Å². The van der Waals surface area contributed by atoms with Crippen molar-refractivity contribution < 1.29 is 9.53 Å². The van der Waals surface area contributed by atoms with Crippen LogP contribution in [0.15, 0.2) is 0 Å². The van der Waals surface area contributed by atoms with Crippen LogP contribution in [0.25, 0.3) is 0 Å². The van der Waals surface area contributed by atoms with Crippen molar-refractivity contribution in [3.05, 3.63) is 0 Å². The highest BCUT2D eigenvalue weighted by molar-refractivity contribution is 5.81. The number of likely N-dealkylation sites (N-methyl/N-ethyl adjacent to an activating group) is 1. The van der Waals surface area contributed by atoms with E-state index in [0.717, 1.165) is 12.8 Å². The molecule has 0 aliphatic heterocycles. The summed E-state index contributed by atoms with van der Waals surface area (Å²) in [5, 5.41) is 2.91. The van der Waals surface area contributed by atoms with E-state index in [1.807, 2.05) is 13.8 Å². The highest BCUT2D eigenvalue weighted by Crippen LogP contribution is 2.19. The smallest absolute Gasteiger partial charge is 0.323 e. The van der Waals surface area contributed by atoms with E-state index in [-0.39, 0.29) is 30.5 Å². The lowest BCUT2D eigenvalue weighted by molar-refractivity contribution is -0.119. The van der Waals surface area contributed by atoms with E-state index >= 15 is 0 Å². The number of nitrogens with two attached hydrogens (primary N) is 1. The number of aromatic nitrogens is 3. The van der Waals surface area contributed by atoms with Crippen LogP contribution in [0, 0.1) is 0 Å². The zero-order valence-electron chi connectivity index (χ0n) is 12.5. The van der Waals surface area contributed by atoms with Gasteiger partial charge in [0.2, 0.25) is 17.8 Å². The molecule has 0 spiro atoms. The predicted octanol–water partition coefficient (Wildman–Crippen LogP) is -0.341. The highest BCUT2D eigenvalue weighted by Gasteiger charge is 2.24. The second-order valence-corrected chi connectivity index (χ2v) is 5.25. The molecule has 0 aromatic carbocycles. The topological polar surface area (TPSA) is 118 Å². The number of ether oxygens (including phenoxy) is 1. The first-order valence-corrected chi connectivity index (χ1v) is 6.87. The van der Waals surface area contributed by atoms with Gasteiger partial charge in [-0.05, 0) is 26.7 Å². The van der Waals surface area contributed by atoms with Crippen LogP contribution >= 0.6 is 0 Å². The summed E-state index contributed by atoms with van der Waals surface area (Å²) in [4.78, 5) is 25.7. The Kier molecular flexibility index (Phi) is 4.73. The van der Waals surface area contributed by atoms with Gasteiger partial charge in [0.05, 0.1) is 12.6 Å². The molecule has 1 amide bonds. The molecule has 21 heavy (non-hydrogen) atoms. The Labute approximate surface area is 123 Å². The van der Waals surface area contributed by atoms with E-state index in [1.54, 1.807) is 11.9 Å². The van der Waals surface area contributed by atoms with Crippen LogP contribution < -0.4 is 26.2 Å². The average molecular weight is 295 g/mol. The van der Waals surface area contributed by atoms with Gasteiger partial charge in [0.1, 0.15) is 0 Å². The standard InChI is InChI=1S/C12H21N7O2/c1-7(2)21-12-16-10(18-13)15-11(17-12)19(3)6-9(20)14-8-4-5-8/h7-8H,4-6,13H2,1-3H3,(H,14,20)(H,15,16,17,18). The monoisotopic (exact) mass is 295 g/mol. The van der Waals surface area contributed by atoms with Crippen LogP contribution in [0.2, 0.25) is 0 Å². The second-order valence-electron chi connectivity index (χ2n) is 5.25. The molecule has 2 rings (SSSR count). The predicted molar refractivity (Wildman–Crippen MR) is 77.8 cm³/mol. The summed E-state index contributed by atoms with van der Waals surface area (Å²) in [7, 11) is 1.72. The van der Waals surface area contributed by atoms with Gasteiger partial charge >= 0.3 is 6.01 Å². The highest BCUT2D eigenvalue weighted by atomic mass is 16.5. The summed E-state index contributed by atoms with van der Waals surface area (Å²) in [6, 6.07) is 0.489. The molecule has 1 saturated carbocycles. The van der Waals surface area contributed by atoms with Crippen molar-refractivity contribution in [3.63, 3.8) is 0 Å². The maximum atomic E-state index is 11.8. The molecule has 9 nitrogen and oxygen atoms in total. The van der Waals surface area contributed by atoms with Gasteiger partial charge in [0, 0.05) is 13.1 Å². The van der Waals surface area contributed by atoms with Crippen molar-refractivity contribution in [2.45, 2.75) is 38.8 Å². The summed E-state index contributed by atoms with van der Waals surface area (Å²) >= 11 is 0. The number of carbonyl (C=O) groups excluding carboxylic acids is 1. The zero-order valence-corrected chi connectivity index (χ0v) is 12.5. The number of nitrogen functional groups attached to an aromatic ring is 1. The average Bonchev–Trinajstić information content (AvgIpc) is 3.21. The SMILES string of the molecule is CC(C)Oc1nc(NN)nc(N(C)CC(=O)NC2CC2)n1. The molecule has 1 aliphatic carbocycles. The number of nitrogens with zero attached hydrogens (tertiary/aromatic N) is 4. The number of nitrogens with one attached hydrogen (secondary N) is 2. The molecule has 4 N–H and O–H groups in total. The lowest BCUT2D eigenvalue weighted by Gasteiger charge is -2.18. The van der Waals surface area contributed by atoms with Crippen molar-refractivity contribution in [2.24, 2.45) is 5.84 Å². The van der Waals surface area contributed by atoms with Gasteiger partial charge in [-0.3, -0.25) is 10.2 Å². The Balaban J connectivity index is 2.06. The van der Waals surface area contributed by atoms with E-state index < -0.39 is 0 Å². The quantitative estimate of drug-likeness (QED) is 0.462. The van der Waals surface area contributed by atoms with Crippen molar-refractivity contribution in [1.82, 2.24) is 20.3 Å². The fraction of sp³-hybridized carbons (Fsp3) is 0.667. The van der Waals surface area contributed by atoms with Crippen molar-refractivity contribution >= 4 is 17.8 Å². The largest absolute Gasteiger partial charge is 0.461 e. The summed E-state index contributed by atoms with van der Waals surface area (Å²) in [6.45, 7) is 3.89. The first kappa shape index (κ1) is 15.2. The molecule has 9 heteroatoms. The summed E-state index contributed by atoms with van der Waals surface area (Å²) in [5.74, 6) is 5.78. The van der Waals surface area contributed by atoms with Crippen LogP contribution in [-0.2, 0) is 4.79 Å². The lowest BCUT2D eigenvalue weighted by Crippen LogP contribution is -2.37. The molecule has 116 valence electrons. The first-order valence-electron chi connectivity index (χ1n) is 6.87. The molecular formula is C12H21N7O2. The first-order chi connectivity index (χ1) is 9.97. The molecule has 1 aliphatic rings. The van der Waals surface area contributed by atoms with Crippen molar-refractivity contribution in [1.29, 1.82) is 0 Å². The molecule has 0 radical (unpaired) electrons. The zero-order chi connectivity index (χ0) is 15.4. The summed E-state index contributed by atoms with van der Waals surface area (Å²) < 4.78 is 5.44. The Morgan fingerprint density at radius 1 is 1.43 bits per heavy atom. The van der Waals surface area contributed by atoms with E-state index in [0.29, 0.717) is 12.0 Å². The minimum atomic E-state index is -0.0747.